The van der Waals surface area contributed by atoms with Crippen molar-refractivity contribution in [3.63, 3.8) is 0 Å². The topological polar surface area (TPSA) is 64.6 Å². The lowest BCUT2D eigenvalue weighted by molar-refractivity contribution is -0.144. The third-order valence-electron chi connectivity index (χ3n) is 7.32. The van der Waals surface area contributed by atoms with Gasteiger partial charge in [0.05, 0.1) is 31.6 Å². The highest BCUT2D eigenvalue weighted by molar-refractivity contribution is 6.99. The summed E-state index contributed by atoms with van der Waals surface area (Å²) in [6.45, 7) is 9.12. The molecule has 0 bridgehead atoms. The lowest BCUT2D eigenvalue weighted by atomic mass is 9.83. The highest BCUT2D eigenvalue weighted by atomic mass is 28.4. The smallest absolute Gasteiger partial charge is 0.306 e. The Hall–Kier alpha value is -3.22. The van der Waals surface area contributed by atoms with Gasteiger partial charge in [0.1, 0.15) is 0 Å². The van der Waals surface area contributed by atoms with Crippen LogP contribution in [0.2, 0.25) is 5.04 Å². The standard InChI is InChI=1S/C31H37NO4Si/c1-5-35-28(33)21-26-27(32-30(34)29(26)23-15-9-6-10-16-23)22-36-37(31(2,3)4,24-17-11-7-12-18-24)25-19-13-8-14-20-25/h6-20,26-27,29H,5,21-22H2,1-4H3,(H,32,34)/t26-,27+,29+/m0/s1. The van der Waals surface area contributed by atoms with E-state index < -0.39 is 14.2 Å². The fraction of sp³-hybridized carbons (Fsp3) is 0.355. The van der Waals surface area contributed by atoms with Gasteiger partial charge in [-0.05, 0) is 27.9 Å². The summed E-state index contributed by atoms with van der Waals surface area (Å²) < 4.78 is 12.4. The van der Waals surface area contributed by atoms with E-state index in [1.807, 2.05) is 42.5 Å². The molecule has 3 aromatic rings. The van der Waals surface area contributed by atoms with Gasteiger partial charge in [-0.15, -0.1) is 0 Å². The molecule has 3 aromatic carbocycles. The first-order valence-corrected chi connectivity index (χ1v) is 14.9. The van der Waals surface area contributed by atoms with Crippen LogP contribution in [-0.4, -0.2) is 39.4 Å². The van der Waals surface area contributed by atoms with Gasteiger partial charge in [-0.25, -0.2) is 0 Å². The highest BCUT2D eigenvalue weighted by Gasteiger charge is 2.52. The Balaban J connectivity index is 1.72. The van der Waals surface area contributed by atoms with Crippen molar-refractivity contribution in [2.24, 2.45) is 5.92 Å². The number of amides is 1. The predicted molar refractivity (Wildman–Crippen MR) is 149 cm³/mol. The van der Waals surface area contributed by atoms with Crippen molar-refractivity contribution in [2.75, 3.05) is 13.2 Å². The maximum Gasteiger partial charge on any atom is 0.306 e. The van der Waals surface area contributed by atoms with E-state index in [9.17, 15) is 9.59 Å². The molecule has 0 aromatic heterocycles. The summed E-state index contributed by atoms with van der Waals surface area (Å²) in [6.07, 6.45) is 0.154. The molecule has 0 aliphatic carbocycles. The normalized spacial score (nSPS) is 19.9. The fourth-order valence-electron chi connectivity index (χ4n) is 5.68. The molecule has 1 fully saturated rings. The van der Waals surface area contributed by atoms with E-state index in [0.717, 1.165) is 5.56 Å². The number of esters is 1. The van der Waals surface area contributed by atoms with Crippen LogP contribution < -0.4 is 15.7 Å². The molecule has 0 spiro atoms. The summed E-state index contributed by atoms with van der Waals surface area (Å²) in [5.41, 5.74) is 0.905. The lowest BCUT2D eigenvalue weighted by Crippen LogP contribution is -2.67. The van der Waals surface area contributed by atoms with E-state index >= 15 is 0 Å². The number of rotatable bonds is 9. The van der Waals surface area contributed by atoms with Gasteiger partial charge < -0.3 is 14.5 Å². The van der Waals surface area contributed by atoms with Crippen LogP contribution >= 0.6 is 0 Å². The predicted octanol–water partition coefficient (Wildman–Crippen LogP) is 4.41. The van der Waals surface area contributed by atoms with E-state index in [0.29, 0.717) is 13.2 Å². The highest BCUT2D eigenvalue weighted by Crippen LogP contribution is 2.39. The molecule has 6 heteroatoms. The molecule has 3 atom stereocenters. The zero-order valence-electron chi connectivity index (χ0n) is 22.1. The molecule has 1 heterocycles. The zero-order chi connectivity index (χ0) is 26.5. The summed E-state index contributed by atoms with van der Waals surface area (Å²) in [5, 5.41) is 5.35. The first kappa shape index (κ1) is 26.8. The summed E-state index contributed by atoms with van der Waals surface area (Å²) in [7, 11) is -2.79. The van der Waals surface area contributed by atoms with Gasteiger partial charge in [0.2, 0.25) is 5.91 Å². The van der Waals surface area contributed by atoms with Gasteiger partial charge in [0.25, 0.3) is 8.32 Å². The molecule has 0 radical (unpaired) electrons. The molecule has 1 saturated heterocycles. The Kier molecular flexibility index (Phi) is 8.30. The van der Waals surface area contributed by atoms with Gasteiger partial charge in [-0.3, -0.25) is 9.59 Å². The van der Waals surface area contributed by atoms with Crippen molar-refractivity contribution in [3.05, 3.63) is 96.6 Å². The molecule has 0 unspecified atom stereocenters. The number of hydrogen-bond donors (Lipinski definition) is 1. The van der Waals surface area contributed by atoms with Gasteiger partial charge >= 0.3 is 5.97 Å². The van der Waals surface area contributed by atoms with Gasteiger partial charge in [-0.2, -0.15) is 0 Å². The number of benzene rings is 3. The minimum absolute atomic E-state index is 0.0726. The molecule has 1 aliphatic heterocycles. The fourth-order valence-corrected chi connectivity index (χ4v) is 10.3. The van der Waals surface area contributed by atoms with Crippen LogP contribution in [0.15, 0.2) is 91.0 Å². The minimum Gasteiger partial charge on any atom is -0.466 e. The third kappa shape index (κ3) is 5.55. The van der Waals surface area contributed by atoms with E-state index in [-0.39, 0.29) is 35.3 Å². The molecule has 5 nitrogen and oxygen atoms in total. The van der Waals surface area contributed by atoms with Crippen LogP contribution in [0.4, 0.5) is 0 Å². The average molecular weight is 516 g/mol. The van der Waals surface area contributed by atoms with Crippen LogP contribution in [0, 0.1) is 5.92 Å². The van der Waals surface area contributed by atoms with Crippen molar-refractivity contribution >= 4 is 30.6 Å². The molecule has 0 saturated carbocycles. The van der Waals surface area contributed by atoms with Crippen molar-refractivity contribution in [3.8, 4) is 0 Å². The van der Waals surface area contributed by atoms with Crippen LogP contribution in [0.25, 0.3) is 0 Å². The number of nitrogens with one attached hydrogen (secondary N) is 1. The van der Waals surface area contributed by atoms with Crippen molar-refractivity contribution in [1.82, 2.24) is 5.32 Å². The molecule has 4 rings (SSSR count). The Bertz CT molecular complexity index is 1140. The Morgan fingerprint density at radius 2 is 1.38 bits per heavy atom. The molecule has 1 N–H and O–H groups in total. The number of carbonyl (C=O) groups excluding carboxylic acids is 2. The first-order valence-electron chi connectivity index (χ1n) is 13.0. The van der Waals surface area contributed by atoms with Crippen LogP contribution in [0.5, 0.6) is 0 Å². The first-order chi connectivity index (χ1) is 17.8. The summed E-state index contributed by atoms with van der Waals surface area (Å²) >= 11 is 0. The van der Waals surface area contributed by atoms with Crippen LogP contribution in [0.3, 0.4) is 0 Å². The summed E-state index contributed by atoms with van der Waals surface area (Å²) in [6, 6.07) is 30.3. The van der Waals surface area contributed by atoms with Gasteiger partial charge in [-0.1, -0.05) is 112 Å². The lowest BCUT2D eigenvalue weighted by Gasteiger charge is -2.43. The molecule has 1 amide bonds. The zero-order valence-corrected chi connectivity index (χ0v) is 23.1. The van der Waals surface area contributed by atoms with Crippen molar-refractivity contribution in [1.29, 1.82) is 0 Å². The second-order valence-electron chi connectivity index (χ2n) is 10.7. The average Bonchev–Trinajstić information content (AvgIpc) is 3.20. The van der Waals surface area contributed by atoms with Crippen LogP contribution in [-0.2, 0) is 18.8 Å². The number of hydrogen-bond acceptors (Lipinski definition) is 4. The third-order valence-corrected chi connectivity index (χ3v) is 12.3. The van der Waals surface area contributed by atoms with E-state index in [4.69, 9.17) is 9.16 Å². The van der Waals surface area contributed by atoms with E-state index in [1.165, 1.54) is 10.4 Å². The quantitative estimate of drug-likeness (QED) is 0.339. The monoisotopic (exact) mass is 515 g/mol. The van der Waals surface area contributed by atoms with Crippen molar-refractivity contribution in [2.45, 2.75) is 51.1 Å². The van der Waals surface area contributed by atoms with E-state index in [1.54, 1.807) is 6.92 Å². The maximum atomic E-state index is 13.3. The Labute approximate surface area is 221 Å². The van der Waals surface area contributed by atoms with Gasteiger partial charge in [0.15, 0.2) is 0 Å². The minimum atomic E-state index is -2.79. The Morgan fingerprint density at radius 3 is 1.86 bits per heavy atom. The molecule has 194 valence electrons. The second-order valence-corrected chi connectivity index (χ2v) is 15.0. The SMILES string of the molecule is CCOC(=O)C[C@@H]1[C@@H](c2ccccc2)C(=O)N[C@@H]1CO[Si](c1ccccc1)(c1ccccc1)C(C)(C)C. The molecule has 37 heavy (non-hydrogen) atoms. The van der Waals surface area contributed by atoms with E-state index in [2.05, 4.69) is 74.6 Å². The van der Waals surface area contributed by atoms with Crippen LogP contribution in [0.1, 0.15) is 45.6 Å². The second kappa shape index (κ2) is 11.4. The molecule has 1 aliphatic rings. The molecular formula is C31H37NO4Si. The maximum absolute atomic E-state index is 13.3. The largest absolute Gasteiger partial charge is 0.466 e. The number of carbonyl (C=O) groups is 2. The molecular weight excluding hydrogens is 478 g/mol. The number of ether oxygens (including phenoxy) is 1. The van der Waals surface area contributed by atoms with Gasteiger partial charge in [0, 0.05) is 5.92 Å². The van der Waals surface area contributed by atoms with Crippen molar-refractivity contribution < 1.29 is 18.8 Å². The summed E-state index contributed by atoms with van der Waals surface area (Å²) in [4.78, 5) is 25.9. The summed E-state index contributed by atoms with van der Waals surface area (Å²) in [5.74, 6) is -1.07. The Morgan fingerprint density at radius 1 is 0.865 bits per heavy atom.